The lowest BCUT2D eigenvalue weighted by Crippen LogP contribution is -2.12. The van der Waals surface area contributed by atoms with Gasteiger partial charge in [-0.05, 0) is 42.3 Å². The highest BCUT2D eigenvalue weighted by atomic mass is 16.3. The van der Waals surface area contributed by atoms with Crippen LogP contribution in [0.25, 0.3) is 22.3 Å². The summed E-state index contributed by atoms with van der Waals surface area (Å²) in [6, 6.07) is 11.5. The van der Waals surface area contributed by atoms with Crippen molar-refractivity contribution in [2.45, 2.75) is 13.3 Å². The maximum absolute atomic E-state index is 11.0. The molecule has 0 aliphatic rings. The number of amides is 1. The number of pyridine rings is 1. The van der Waals surface area contributed by atoms with Gasteiger partial charge in [0.05, 0.1) is 0 Å². The molecule has 4 nitrogen and oxygen atoms in total. The second-order valence-corrected chi connectivity index (χ2v) is 4.63. The van der Waals surface area contributed by atoms with Crippen LogP contribution >= 0.6 is 0 Å². The maximum atomic E-state index is 11.0. The zero-order chi connectivity index (χ0) is 14.1. The number of aryl methyl sites for hydroxylation is 1. The Kier molecular flexibility index (Phi) is 2.99. The van der Waals surface area contributed by atoms with Gasteiger partial charge in [0.2, 0.25) is 0 Å². The SMILES string of the molecule is CCc1ccc2oc(-c3ccc(C(N)=O)nc3)cc2c1. The second kappa shape index (κ2) is 4.81. The molecule has 2 N–H and O–H groups in total. The number of furan rings is 1. The normalized spacial score (nSPS) is 10.8. The van der Waals surface area contributed by atoms with E-state index in [0.717, 1.165) is 28.7 Å². The van der Waals surface area contributed by atoms with Crippen molar-refractivity contribution < 1.29 is 9.21 Å². The average molecular weight is 266 g/mol. The third kappa shape index (κ3) is 2.16. The lowest BCUT2D eigenvalue weighted by molar-refractivity contribution is 0.0995. The van der Waals surface area contributed by atoms with Crippen LogP contribution in [0.4, 0.5) is 0 Å². The van der Waals surface area contributed by atoms with Crippen LogP contribution in [-0.2, 0) is 6.42 Å². The molecule has 2 heterocycles. The molecule has 3 aromatic rings. The fraction of sp³-hybridized carbons (Fsp3) is 0.125. The monoisotopic (exact) mass is 266 g/mol. The Labute approximate surface area is 116 Å². The molecule has 100 valence electrons. The molecule has 0 unspecified atom stereocenters. The van der Waals surface area contributed by atoms with Crippen LogP contribution in [0.3, 0.4) is 0 Å². The van der Waals surface area contributed by atoms with Crippen LogP contribution in [-0.4, -0.2) is 10.9 Å². The molecule has 2 aromatic heterocycles. The van der Waals surface area contributed by atoms with Gasteiger partial charge >= 0.3 is 0 Å². The highest BCUT2D eigenvalue weighted by molar-refractivity contribution is 5.91. The van der Waals surface area contributed by atoms with Gasteiger partial charge in [0, 0.05) is 17.1 Å². The van der Waals surface area contributed by atoms with Crippen molar-refractivity contribution in [2.24, 2.45) is 5.73 Å². The molecule has 0 fully saturated rings. The first kappa shape index (κ1) is 12.4. The summed E-state index contributed by atoms with van der Waals surface area (Å²) < 4.78 is 5.80. The van der Waals surface area contributed by atoms with Crippen molar-refractivity contribution in [2.75, 3.05) is 0 Å². The average Bonchev–Trinajstić information content (AvgIpc) is 2.90. The summed E-state index contributed by atoms with van der Waals surface area (Å²) in [7, 11) is 0. The van der Waals surface area contributed by atoms with E-state index in [2.05, 4.69) is 24.0 Å². The molecule has 0 spiro atoms. The van der Waals surface area contributed by atoms with E-state index in [4.69, 9.17) is 10.2 Å². The van der Waals surface area contributed by atoms with E-state index in [9.17, 15) is 4.79 Å². The van der Waals surface area contributed by atoms with Gasteiger partial charge < -0.3 is 10.2 Å². The fourth-order valence-corrected chi connectivity index (χ4v) is 2.14. The Morgan fingerprint density at radius 3 is 2.75 bits per heavy atom. The van der Waals surface area contributed by atoms with Gasteiger partial charge in [-0.3, -0.25) is 9.78 Å². The van der Waals surface area contributed by atoms with Gasteiger partial charge in [0.1, 0.15) is 17.0 Å². The molecular formula is C16H14N2O2. The number of carbonyl (C=O) groups excluding carboxylic acids is 1. The number of hydrogen-bond donors (Lipinski definition) is 1. The smallest absolute Gasteiger partial charge is 0.267 e. The van der Waals surface area contributed by atoms with Crippen molar-refractivity contribution in [1.29, 1.82) is 0 Å². The number of aromatic nitrogens is 1. The molecule has 0 radical (unpaired) electrons. The molecule has 0 aliphatic heterocycles. The van der Waals surface area contributed by atoms with Crippen LogP contribution in [0.1, 0.15) is 23.0 Å². The second-order valence-electron chi connectivity index (χ2n) is 4.63. The van der Waals surface area contributed by atoms with E-state index in [0.29, 0.717) is 0 Å². The molecular weight excluding hydrogens is 252 g/mol. The van der Waals surface area contributed by atoms with Gasteiger partial charge in [0.25, 0.3) is 5.91 Å². The van der Waals surface area contributed by atoms with Crippen LogP contribution < -0.4 is 5.73 Å². The third-order valence-corrected chi connectivity index (χ3v) is 3.29. The first-order chi connectivity index (χ1) is 9.67. The largest absolute Gasteiger partial charge is 0.456 e. The Hall–Kier alpha value is -2.62. The summed E-state index contributed by atoms with van der Waals surface area (Å²) in [6.45, 7) is 2.12. The molecule has 3 rings (SSSR count). The Bertz CT molecular complexity index is 773. The fourth-order valence-electron chi connectivity index (χ4n) is 2.14. The molecule has 0 saturated carbocycles. The molecule has 0 aliphatic carbocycles. The molecule has 0 bridgehead atoms. The van der Waals surface area contributed by atoms with E-state index in [1.54, 1.807) is 18.3 Å². The number of primary amides is 1. The highest BCUT2D eigenvalue weighted by Gasteiger charge is 2.08. The van der Waals surface area contributed by atoms with Crippen LogP contribution in [0, 0.1) is 0 Å². The van der Waals surface area contributed by atoms with Crippen molar-refractivity contribution >= 4 is 16.9 Å². The maximum Gasteiger partial charge on any atom is 0.267 e. The number of carbonyl (C=O) groups is 1. The minimum atomic E-state index is -0.534. The molecule has 20 heavy (non-hydrogen) atoms. The summed E-state index contributed by atoms with van der Waals surface area (Å²) in [5, 5.41) is 1.07. The van der Waals surface area contributed by atoms with E-state index >= 15 is 0 Å². The number of benzene rings is 1. The molecule has 0 saturated heterocycles. The number of nitrogens with two attached hydrogens (primary N) is 1. The first-order valence-electron chi connectivity index (χ1n) is 6.46. The van der Waals surface area contributed by atoms with Gasteiger partial charge in [0.15, 0.2) is 0 Å². The predicted octanol–water partition coefficient (Wildman–Crippen LogP) is 3.16. The molecule has 1 amide bonds. The van der Waals surface area contributed by atoms with E-state index < -0.39 is 5.91 Å². The van der Waals surface area contributed by atoms with Crippen molar-refractivity contribution in [3.8, 4) is 11.3 Å². The summed E-state index contributed by atoms with van der Waals surface area (Å²) in [5.74, 6) is 0.200. The zero-order valence-corrected chi connectivity index (χ0v) is 11.1. The summed E-state index contributed by atoms with van der Waals surface area (Å²) in [4.78, 5) is 15.0. The standard InChI is InChI=1S/C16H14N2O2/c1-2-10-3-6-14-12(7-10)8-15(20-14)11-4-5-13(16(17)19)18-9-11/h3-9H,2H2,1H3,(H2,17,19). The van der Waals surface area contributed by atoms with Crippen LogP contribution in [0.2, 0.25) is 0 Å². The number of fused-ring (bicyclic) bond motifs is 1. The third-order valence-electron chi connectivity index (χ3n) is 3.29. The summed E-state index contributed by atoms with van der Waals surface area (Å²) in [6.07, 6.45) is 2.59. The summed E-state index contributed by atoms with van der Waals surface area (Å²) >= 11 is 0. The zero-order valence-electron chi connectivity index (χ0n) is 11.1. The van der Waals surface area contributed by atoms with Gasteiger partial charge in [-0.1, -0.05) is 13.0 Å². The quantitative estimate of drug-likeness (QED) is 0.791. The van der Waals surface area contributed by atoms with Gasteiger partial charge in [-0.2, -0.15) is 0 Å². The summed E-state index contributed by atoms with van der Waals surface area (Å²) in [5.41, 5.74) is 8.36. The topological polar surface area (TPSA) is 69.1 Å². The van der Waals surface area contributed by atoms with E-state index in [1.807, 2.05) is 12.1 Å². The lowest BCUT2D eigenvalue weighted by Gasteiger charge is -1.97. The Balaban J connectivity index is 2.03. The lowest BCUT2D eigenvalue weighted by atomic mass is 10.1. The van der Waals surface area contributed by atoms with Crippen LogP contribution in [0.15, 0.2) is 47.0 Å². The molecule has 0 atom stereocenters. The van der Waals surface area contributed by atoms with E-state index in [1.165, 1.54) is 5.56 Å². The minimum Gasteiger partial charge on any atom is -0.456 e. The predicted molar refractivity (Wildman–Crippen MR) is 77.3 cm³/mol. The number of hydrogen-bond acceptors (Lipinski definition) is 3. The van der Waals surface area contributed by atoms with Crippen molar-refractivity contribution in [3.63, 3.8) is 0 Å². The minimum absolute atomic E-state index is 0.248. The highest BCUT2D eigenvalue weighted by Crippen LogP contribution is 2.28. The van der Waals surface area contributed by atoms with Crippen molar-refractivity contribution in [3.05, 3.63) is 53.9 Å². The number of nitrogens with zero attached hydrogens (tertiary/aromatic N) is 1. The van der Waals surface area contributed by atoms with E-state index in [-0.39, 0.29) is 5.69 Å². The number of rotatable bonds is 3. The molecule has 1 aromatic carbocycles. The van der Waals surface area contributed by atoms with Gasteiger partial charge in [-0.25, -0.2) is 0 Å². The first-order valence-corrected chi connectivity index (χ1v) is 6.46. The van der Waals surface area contributed by atoms with Crippen LogP contribution in [0.5, 0.6) is 0 Å². The Morgan fingerprint density at radius 2 is 2.10 bits per heavy atom. The van der Waals surface area contributed by atoms with Crippen molar-refractivity contribution in [1.82, 2.24) is 4.98 Å². The Morgan fingerprint density at radius 1 is 1.25 bits per heavy atom. The van der Waals surface area contributed by atoms with Gasteiger partial charge in [-0.15, -0.1) is 0 Å². The molecule has 4 heteroatoms.